The minimum atomic E-state index is -0.663. The van der Waals surface area contributed by atoms with E-state index in [1.165, 1.54) is 24.3 Å². The van der Waals surface area contributed by atoms with E-state index in [2.05, 4.69) is 5.32 Å². The van der Waals surface area contributed by atoms with Crippen LogP contribution < -0.4 is 5.32 Å². The maximum absolute atomic E-state index is 12.6. The normalized spacial score (nSPS) is 15.0. The van der Waals surface area contributed by atoms with Crippen LogP contribution in [-0.2, 0) is 9.59 Å². The number of carbonyl (C=O) groups is 3. The number of nitrogens with one attached hydrogen (secondary N) is 1. The van der Waals surface area contributed by atoms with E-state index in [0.717, 1.165) is 16.0 Å². The van der Waals surface area contributed by atoms with Gasteiger partial charge in [-0.3, -0.25) is 29.4 Å². The van der Waals surface area contributed by atoms with Crippen LogP contribution in [0.15, 0.2) is 41.3 Å². The summed E-state index contributed by atoms with van der Waals surface area (Å²) in [6.45, 7) is 3.24. The number of amides is 3. The van der Waals surface area contributed by atoms with E-state index in [9.17, 15) is 24.5 Å². The molecule has 1 aliphatic heterocycles. The molecule has 3 amide bonds. The zero-order valence-corrected chi connectivity index (χ0v) is 17.5. The molecule has 3 rings (SSSR count). The van der Waals surface area contributed by atoms with Crippen LogP contribution in [0.2, 0.25) is 5.02 Å². The number of nitrogens with zero attached hydrogens (tertiary/aromatic N) is 2. The Morgan fingerprint density at radius 2 is 1.90 bits per heavy atom. The third-order valence-corrected chi connectivity index (χ3v) is 5.65. The van der Waals surface area contributed by atoms with Gasteiger partial charge in [-0.15, -0.1) is 0 Å². The monoisotopic (exact) mass is 445 g/mol. The number of halogens is 1. The second-order valence-corrected chi connectivity index (χ2v) is 7.95. The molecule has 0 spiro atoms. The number of imide groups is 1. The van der Waals surface area contributed by atoms with Crippen LogP contribution in [0, 0.1) is 24.0 Å². The van der Waals surface area contributed by atoms with Gasteiger partial charge in [-0.05, 0) is 48.9 Å². The smallest absolute Gasteiger partial charge is 0.294 e. The lowest BCUT2D eigenvalue weighted by Crippen LogP contribution is -2.36. The van der Waals surface area contributed by atoms with Crippen molar-refractivity contribution in [2.24, 2.45) is 0 Å². The number of carbonyl (C=O) groups excluding carboxylic acids is 3. The number of nitro benzene ring substituents is 1. The number of aryl methyl sites for hydroxylation is 2. The SMILES string of the molecule is Cc1cccc(C)c1NC(=O)CN1C(=O)S/C(=C\c2cc([N+](=O)[O-])ccc2Cl)C1=O. The van der Waals surface area contributed by atoms with E-state index >= 15 is 0 Å². The molecule has 0 saturated carbocycles. The molecular formula is C20H16ClN3O5S. The largest absolute Gasteiger partial charge is 0.324 e. The van der Waals surface area contributed by atoms with Crippen LogP contribution in [0.1, 0.15) is 16.7 Å². The molecule has 2 aromatic carbocycles. The van der Waals surface area contributed by atoms with Gasteiger partial charge in [0.2, 0.25) is 5.91 Å². The molecule has 0 bridgehead atoms. The molecule has 1 fully saturated rings. The van der Waals surface area contributed by atoms with Gasteiger partial charge in [-0.1, -0.05) is 29.8 Å². The van der Waals surface area contributed by atoms with E-state index in [-0.39, 0.29) is 21.2 Å². The molecule has 0 aromatic heterocycles. The highest BCUT2D eigenvalue weighted by Crippen LogP contribution is 2.34. The van der Waals surface area contributed by atoms with Gasteiger partial charge in [-0.25, -0.2) is 0 Å². The maximum atomic E-state index is 12.6. The summed E-state index contributed by atoms with van der Waals surface area (Å²) < 4.78 is 0. The molecule has 30 heavy (non-hydrogen) atoms. The Morgan fingerprint density at radius 1 is 1.23 bits per heavy atom. The molecule has 0 atom stereocenters. The van der Waals surface area contributed by atoms with Gasteiger partial charge < -0.3 is 5.32 Å². The summed E-state index contributed by atoms with van der Waals surface area (Å²) in [5.41, 5.74) is 2.39. The van der Waals surface area contributed by atoms with Crippen LogP contribution in [0.5, 0.6) is 0 Å². The molecule has 0 unspecified atom stereocenters. The average molecular weight is 446 g/mol. The van der Waals surface area contributed by atoms with Gasteiger partial charge in [0.05, 0.1) is 9.83 Å². The van der Waals surface area contributed by atoms with Crippen molar-refractivity contribution in [3.05, 3.63) is 73.1 Å². The van der Waals surface area contributed by atoms with Crippen molar-refractivity contribution in [3.63, 3.8) is 0 Å². The number of non-ortho nitro benzene ring substituents is 1. The standard InChI is InChI=1S/C20H16ClN3O5S/c1-11-4-3-5-12(2)18(11)22-17(25)10-23-19(26)16(30-20(23)27)9-13-8-14(24(28)29)6-7-15(13)21/h3-9H,10H2,1-2H3,(H,22,25)/b16-9-. The first kappa shape index (κ1) is 21.5. The fourth-order valence-electron chi connectivity index (χ4n) is 2.87. The van der Waals surface area contributed by atoms with Gasteiger partial charge in [-0.2, -0.15) is 0 Å². The van der Waals surface area contributed by atoms with Gasteiger partial charge in [0.15, 0.2) is 0 Å². The minimum absolute atomic E-state index is 0.0299. The molecule has 2 aromatic rings. The quantitative estimate of drug-likeness (QED) is 0.411. The highest BCUT2D eigenvalue weighted by atomic mass is 35.5. The van der Waals surface area contributed by atoms with E-state index in [1.54, 1.807) is 0 Å². The topological polar surface area (TPSA) is 110 Å². The number of para-hydroxylation sites is 1. The Kier molecular flexibility index (Phi) is 6.23. The van der Waals surface area contributed by atoms with Crippen LogP contribution in [0.25, 0.3) is 6.08 Å². The highest BCUT2D eigenvalue weighted by molar-refractivity contribution is 8.18. The van der Waals surface area contributed by atoms with Crippen molar-refractivity contribution >= 4 is 57.9 Å². The lowest BCUT2D eigenvalue weighted by Gasteiger charge is -2.15. The zero-order valence-electron chi connectivity index (χ0n) is 16.0. The lowest BCUT2D eigenvalue weighted by atomic mass is 10.1. The number of hydrogen-bond acceptors (Lipinski definition) is 6. The summed E-state index contributed by atoms with van der Waals surface area (Å²) in [4.78, 5) is 48.5. The lowest BCUT2D eigenvalue weighted by molar-refractivity contribution is -0.384. The number of nitro groups is 1. The van der Waals surface area contributed by atoms with E-state index in [4.69, 9.17) is 11.6 Å². The minimum Gasteiger partial charge on any atom is -0.324 e. The number of benzene rings is 2. The van der Waals surface area contributed by atoms with E-state index in [0.29, 0.717) is 17.4 Å². The zero-order chi connectivity index (χ0) is 22.0. The summed E-state index contributed by atoms with van der Waals surface area (Å²) >= 11 is 6.70. The molecule has 154 valence electrons. The Balaban J connectivity index is 1.78. The summed E-state index contributed by atoms with van der Waals surface area (Å²) in [5, 5.41) is 13.3. The highest BCUT2D eigenvalue weighted by Gasteiger charge is 2.36. The van der Waals surface area contributed by atoms with Gasteiger partial charge >= 0.3 is 0 Å². The van der Waals surface area contributed by atoms with Gasteiger partial charge in [0.1, 0.15) is 6.54 Å². The fourth-order valence-corrected chi connectivity index (χ4v) is 3.87. The summed E-state index contributed by atoms with van der Waals surface area (Å²) in [6, 6.07) is 9.34. The average Bonchev–Trinajstić information content (AvgIpc) is 2.94. The van der Waals surface area contributed by atoms with Crippen molar-refractivity contribution in [1.29, 1.82) is 0 Å². The van der Waals surface area contributed by atoms with Crippen LogP contribution >= 0.6 is 23.4 Å². The third-order valence-electron chi connectivity index (χ3n) is 4.40. The predicted octanol–water partition coefficient (Wildman–Crippen LogP) is 4.54. The Labute approximate surface area is 181 Å². The van der Waals surface area contributed by atoms with Crippen LogP contribution in [0.4, 0.5) is 16.2 Å². The second-order valence-electron chi connectivity index (χ2n) is 6.55. The number of rotatable bonds is 5. The Bertz CT molecular complexity index is 1100. The van der Waals surface area contributed by atoms with E-state index in [1.807, 2.05) is 32.0 Å². The van der Waals surface area contributed by atoms with Crippen LogP contribution in [0.3, 0.4) is 0 Å². The first-order chi connectivity index (χ1) is 14.2. The van der Waals surface area contributed by atoms with Gasteiger partial charge in [0.25, 0.3) is 16.8 Å². The molecule has 8 nitrogen and oxygen atoms in total. The van der Waals surface area contributed by atoms with Crippen LogP contribution in [-0.4, -0.2) is 33.4 Å². The van der Waals surface area contributed by atoms with Gasteiger partial charge in [0, 0.05) is 28.4 Å². The first-order valence-corrected chi connectivity index (χ1v) is 9.92. The molecule has 1 aliphatic rings. The number of thioether (sulfide) groups is 1. The first-order valence-electron chi connectivity index (χ1n) is 8.72. The molecule has 0 radical (unpaired) electrons. The molecule has 1 saturated heterocycles. The summed E-state index contributed by atoms with van der Waals surface area (Å²) in [7, 11) is 0. The van der Waals surface area contributed by atoms with E-state index < -0.39 is 28.5 Å². The Morgan fingerprint density at radius 3 is 2.53 bits per heavy atom. The number of hydrogen-bond donors (Lipinski definition) is 1. The molecule has 0 aliphatic carbocycles. The second kappa shape index (κ2) is 8.68. The molecule has 10 heteroatoms. The third kappa shape index (κ3) is 4.52. The van der Waals surface area contributed by atoms with Crippen molar-refractivity contribution in [2.75, 3.05) is 11.9 Å². The van der Waals surface area contributed by atoms with Crippen molar-refractivity contribution in [1.82, 2.24) is 4.90 Å². The fraction of sp³-hybridized carbons (Fsp3) is 0.150. The summed E-state index contributed by atoms with van der Waals surface area (Å²) in [5.74, 6) is -1.17. The number of anilines is 1. The van der Waals surface area contributed by atoms with Crippen molar-refractivity contribution in [2.45, 2.75) is 13.8 Å². The molecular weight excluding hydrogens is 430 g/mol. The van der Waals surface area contributed by atoms with Crippen molar-refractivity contribution < 1.29 is 19.3 Å². The Hall–Kier alpha value is -3.17. The van der Waals surface area contributed by atoms with Crippen molar-refractivity contribution in [3.8, 4) is 0 Å². The molecule has 1 heterocycles. The predicted molar refractivity (Wildman–Crippen MR) is 115 cm³/mol. The summed E-state index contributed by atoms with van der Waals surface area (Å²) in [6.07, 6.45) is 1.31. The molecule has 1 N–H and O–H groups in total. The maximum Gasteiger partial charge on any atom is 0.294 e.